The van der Waals surface area contributed by atoms with Crippen LogP contribution in [0.25, 0.3) is 0 Å². The molecule has 1 fully saturated rings. The molecule has 1 aliphatic rings. The monoisotopic (exact) mass is 262 g/mol. The molecule has 0 aliphatic carbocycles. The zero-order valence-corrected chi connectivity index (χ0v) is 10.9. The number of nitrogens with zero attached hydrogens (tertiary/aromatic N) is 1. The van der Waals surface area contributed by atoms with E-state index >= 15 is 0 Å². The van der Waals surface area contributed by atoms with Crippen molar-refractivity contribution in [2.24, 2.45) is 5.73 Å². The van der Waals surface area contributed by atoms with Crippen LogP contribution < -0.4 is 5.73 Å². The van der Waals surface area contributed by atoms with Gasteiger partial charge in [0.1, 0.15) is 6.04 Å². The number of amides is 1. The summed E-state index contributed by atoms with van der Waals surface area (Å²) in [6.07, 6.45) is 0.549. The predicted molar refractivity (Wildman–Crippen MR) is 70.6 cm³/mol. The summed E-state index contributed by atoms with van der Waals surface area (Å²) in [7, 11) is 0. The van der Waals surface area contributed by atoms with Crippen LogP contribution in [-0.2, 0) is 16.0 Å². The molecular weight excluding hydrogens is 244 g/mol. The van der Waals surface area contributed by atoms with Gasteiger partial charge in [0.25, 0.3) is 0 Å². The average molecular weight is 262 g/mol. The lowest BCUT2D eigenvalue weighted by molar-refractivity contribution is -0.148. The zero-order chi connectivity index (χ0) is 14.0. The number of aryl methyl sites for hydroxylation is 1. The molecule has 1 amide bonds. The van der Waals surface area contributed by atoms with Crippen LogP contribution in [0.4, 0.5) is 0 Å². The van der Waals surface area contributed by atoms with Gasteiger partial charge in [-0.2, -0.15) is 0 Å². The van der Waals surface area contributed by atoms with E-state index < -0.39 is 12.0 Å². The lowest BCUT2D eigenvalue weighted by Crippen LogP contribution is -2.41. The van der Waals surface area contributed by atoms with E-state index in [1.807, 2.05) is 31.2 Å². The molecule has 2 rings (SSSR count). The van der Waals surface area contributed by atoms with E-state index in [-0.39, 0.29) is 18.4 Å². The maximum atomic E-state index is 12.2. The molecule has 0 saturated carbocycles. The number of benzene rings is 1. The van der Waals surface area contributed by atoms with Crippen LogP contribution in [0.1, 0.15) is 17.5 Å². The Bertz CT molecular complexity index is 501. The van der Waals surface area contributed by atoms with E-state index in [0.717, 1.165) is 11.1 Å². The largest absolute Gasteiger partial charge is 0.480 e. The van der Waals surface area contributed by atoms with Crippen molar-refractivity contribution < 1.29 is 14.7 Å². The second kappa shape index (κ2) is 5.40. The van der Waals surface area contributed by atoms with Crippen molar-refractivity contribution in [3.63, 3.8) is 0 Å². The molecule has 2 atom stereocenters. The van der Waals surface area contributed by atoms with Crippen LogP contribution >= 0.6 is 0 Å². The van der Waals surface area contributed by atoms with Gasteiger partial charge in [0.05, 0.1) is 6.42 Å². The first-order valence-corrected chi connectivity index (χ1v) is 6.31. The first-order chi connectivity index (χ1) is 8.97. The third kappa shape index (κ3) is 3.12. The number of hydrogen-bond donors (Lipinski definition) is 2. The van der Waals surface area contributed by atoms with Gasteiger partial charge in [-0.05, 0) is 18.9 Å². The van der Waals surface area contributed by atoms with Crippen LogP contribution in [0.2, 0.25) is 0 Å². The number of aliphatic carboxylic acids is 1. The molecule has 2 unspecified atom stereocenters. The first kappa shape index (κ1) is 13.5. The van der Waals surface area contributed by atoms with Gasteiger partial charge in [0.2, 0.25) is 5.91 Å². The maximum Gasteiger partial charge on any atom is 0.326 e. The first-order valence-electron chi connectivity index (χ1n) is 6.31. The van der Waals surface area contributed by atoms with Gasteiger partial charge in [0.15, 0.2) is 0 Å². The standard InChI is InChI=1S/C14H18N2O3/c1-9-3-2-4-10(5-9)6-13(17)16-8-11(15)7-12(16)14(18)19/h2-5,11-12H,6-8,15H2,1H3,(H,18,19). The van der Waals surface area contributed by atoms with E-state index in [9.17, 15) is 9.59 Å². The zero-order valence-electron chi connectivity index (χ0n) is 10.9. The number of likely N-dealkylation sites (tertiary alicyclic amines) is 1. The highest BCUT2D eigenvalue weighted by atomic mass is 16.4. The van der Waals surface area contributed by atoms with Crippen molar-refractivity contribution in [1.82, 2.24) is 4.90 Å². The van der Waals surface area contributed by atoms with Crippen LogP contribution in [-0.4, -0.2) is 40.5 Å². The van der Waals surface area contributed by atoms with Crippen molar-refractivity contribution in [2.45, 2.75) is 31.8 Å². The maximum absolute atomic E-state index is 12.2. The van der Waals surface area contributed by atoms with Gasteiger partial charge in [-0.25, -0.2) is 4.79 Å². The fourth-order valence-corrected chi connectivity index (χ4v) is 2.48. The van der Waals surface area contributed by atoms with Gasteiger partial charge >= 0.3 is 5.97 Å². The Morgan fingerprint density at radius 1 is 1.47 bits per heavy atom. The van der Waals surface area contributed by atoms with Crippen molar-refractivity contribution in [3.8, 4) is 0 Å². The predicted octanol–water partition coefficient (Wildman–Crippen LogP) is 0.550. The smallest absolute Gasteiger partial charge is 0.326 e. The summed E-state index contributed by atoms with van der Waals surface area (Å²) in [4.78, 5) is 24.7. The molecule has 1 heterocycles. The molecule has 3 N–H and O–H groups in total. The number of rotatable bonds is 3. The molecule has 1 aromatic carbocycles. The number of nitrogens with two attached hydrogens (primary N) is 1. The van der Waals surface area contributed by atoms with Crippen molar-refractivity contribution in [1.29, 1.82) is 0 Å². The van der Waals surface area contributed by atoms with Crippen LogP contribution in [0.5, 0.6) is 0 Å². The summed E-state index contributed by atoms with van der Waals surface area (Å²) in [5, 5.41) is 9.11. The number of carboxylic acids is 1. The minimum absolute atomic E-state index is 0.175. The van der Waals surface area contributed by atoms with E-state index in [1.54, 1.807) is 0 Å². The Morgan fingerprint density at radius 2 is 2.21 bits per heavy atom. The summed E-state index contributed by atoms with van der Waals surface area (Å²) in [5.41, 5.74) is 7.73. The lowest BCUT2D eigenvalue weighted by Gasteiger charge is -2.21. The lowest BCUT2D eigenvalue weighted by atomic mass is 10.1. The van der Waals surface area contributed by atoms with E-state index in [2.05, 4.69) is 0 Å². The Balaban J connectivity index is 2.09. The number of carbonyl (C=O) groups is 2. The van der Waals surface area contributed by atoms with Crippen molar-refractivity contribution in [3.05, 3.63) is 35.4 Å². The SMILES string of the molecule is Cc1cccc(CC(=O)N2CC(N)CC2C(=O)O)c1. The number of hydrogen-bond acceptors (Lipinski definition) is 3. The molecule has 0 aromatic heterocycles. The summed E-state index contributed by atoms with van der Waals surface area (Å²) in [6.45, 7) is 2.28. The normalized spacial score (nSPS) is 22.5. The highest BCUT2D eigenvalue weighted by Crippen LogP contribution is 2.18. The minimum atomic E-state index is -0.981. The topological polar surface area (TPSA) is 83.6 Å². The second-order valence-corrected chi connectivity index (χ2v) is 5.06. The van der Waals surface area contributed by atoms with Crippen LogP contribution in [0.15, 0.2) is 24.3 Å². The molecule has 5 heteroatoms. The molecule has 19 heavy (non-hydrogen) atoms. The molecular formula is C14H18N2O3. The molecule has 1 aromatic rings. The Kier molecular flexibility index (Phi) is 3.85. The van der Waals surface area contributed by atoms with Gasteiger partial charge in [-0.3, -0.25) is 4.79 Å². The number of carboxylic acid groups (broad SMARTS) is 1. The van der Waals surface area contributed by atoms with Gasteiger partial charge < -0.3 is 15.7 Å². The van der Waals surface area contributed by atoms with Gasteiger partial charge in [-0.15, -0.1) is 0 Å². The molecule has 5 nitrogen and oxygen atoms in total. The fraction of sp³-hybridized carbons (Fsp3) is 0.429. The van der Waals surface area contributed by atoms with Crippen molar-refractivity contribution >= 4 is 11.9 Å². The van der Waals surface area contributed by atoms with Crippen LogP contribution in [0.3, 0.4) is 0 Å². The molecule has 1 aliphatic heterocycles. The second-order valence-electron chi connectivity index (χ2n) is 5.06. The fourth-order valence-electron chi connectivity index (χ4n) is 2.48. The highest BCUT2D eigenvalue weighted by Gasteiger charge is 2.37. The highest BCUT2D eigenvalue weighted by molar-refractivity contribution is 5.85. The molecule has 0 bridgehead atoms. The summed E-state index contributed by atoms with van der Waals surface area (Å²) >= 11 is 0. The summed E-state index contributed by atoms with van der Waals surface area (Å²) < 4.78 is 0. The van der Waals surface area contributed by atoms with Crippen LogP contribution in [0, 0.1) is 6.92 Å². The molecule has 1 saturated heterocycles. The van der Waals surface area contributed by atoms with Gasteiger partial charge in [0, 0.05) is 12.6 Å². The summed E-state index contributed by atoms with van der Waals surface area (Å²) in [5.74, 6) is -1.16. The van der Waals surface area contributed by atoms with E-state index in [1.165, 1.54) is 4.90 Å². The van der Waals surface area contributed by atoms with Crippen molar-refractivity contribution in [2.75, 3.05) is 6.54 Å². The Hall–Kier alpha value is -1.88. The minimum Gasteiger partial charge on any atom is -0.480 e. The Morgan fingerprint density at radius 3 is 2.84 bits per heavy atom. The molecule has 102 valence electrons. The quantitative estimate of drug-likeness (QED) is 0.833. The third-order valence-corrected chi connectivity index (χ3v) is 3.38. The number of carbonyl (C=O) groups excluding carboxylic acids is 1. The summed E-state index contributed by atoms with van der Waals surface area (Å²) in [6, 6.07) is 6.62. The molecule has 0 spiro atoms. The van der Waals surface area contributed by atoms with E-state index in [4.69, 9.17) is 10.8 Å². The molecule has 0 radical (unpaired) electrons. The third-order valence-electron chi connectivity index (χ3n) is 3.38. The van der Waals surface area contributed by atoms with E-state index in [0.29, 0.717) is 13.0 Å². The Labute approximate surface area is 112 Å². The average Bonchev–Trinajstić information content (AvgIpc) is 2.71. The van der Waals surface area contributed by atoms with Gasteiger partial charge in [-0.1, -0.05) is 29.8 Å².